The molecule has 37 heavy (non-hydrogen) atoms. The molecule has 5 rings (SSSR count). The lowest BCUT2D eigenvalue weighted by Gasteiger charge is -2.37. The Morgan fingerprint density at radius 3 is 2.65 bits per heavy atom. The summed E-state index contributed by atoms with van der Waals surface area (Å²) in [4.78, 5) is 16.8. The van der Waals surface area contributed by atoms with Crippen molar-refractivity contribution in [2.75, 3.05) is 49.6 Å². The summed E-state index contributed by atoms with van der Waals surface area (Å²) >= 11 is 0. The van der Waals surface area contributed by atoms with Crippen LogP contribution in [0.25, 0.3) is 10.9 Å². The average Bonchev–Trinajstić information content (AvgIpc) is 3.43. The maximum absolute atomic E-state index is 14.7. The van der Waals surface area contributed by atoms with E-state index in [0.717, 1.165) is 18.2 Å². The van der Waals surface area contributed by atoms with Gasteiger partial charge in [0.15, 0.2) is 0 Å². The summed E-state index contributed by atoms with van der Waals surface area (Å²) in [6.07, 6.45) is -2.53. The van der Waals surface area contributed by atoms with Gasteiger partial charge in [0.2, 0.25) is 5.91 Å². The van der Waals surface area contributed by atoms with E-state index in [-0.39, 0.29) is 17.4 Å². The summed E-state index contributed by atoms with van der Waals surface area (Å²) < 4.78 is 59.6. The summed E-state index contributed by atoms with van der Waals surface area (Å²) in [6.45, 7) is 5.27. The lowest BCUT2D eigenvalue weighted by Crippen LogP contribution is -2.50. The summed E-state index contributed by atoms with van der Waals surface area (Å²) in [5.74, 6) is -1.20. The zero-order valence-corrected chi connectivity index (χ0v) is 20.3. The SMILES string of the molecule is C[C@@H](Nc1cnnc2ccc(N3CCN(C(=O)C4CCOC4)CC3)cc12)c1cccc(C(F)(F)F)c1F. The Morgan fingerprint density at radius 1 is 1.16 bits per heavy atom. The first-order chi connectivity index (χ1) is 17.7. The molecule has 1 amide bonds. The zero-order valence-electron chi connectivity index (χ0n) is 20.3. The number of benzene rings is 2. The topological polar surface area (TPSA) is 70.6 Å². The first-order valence-corrected chi connectivity index (χ1v) is 12.2. The second-order valence-electron chi connectivity index (χ2n) is 9.41. The second-order valence-corrected chi connectivity index (χ2v) is 9.41. The Labute approximate surface area is 211 Å². The quantitative estimate of drug-likeness (QED) is 0.497. The Hall–Kier alpha value is -3.47. The van der Waals surface area contributed by atoms with Gasteiger partial charge >= 0.3 is 6.18 Å². The molecule has 0 aliphatic carbocycles. The van der Waals surface area contributed by atoms with Crippen LogP contribution in [0.3, 0.4) is 0 Å². The van der Waals surface area contributed by atoms with Crippen molar-refractivity contribution in [3.63, 3.8) is 0 Å². The number of hydrogen-bond donors (Lipinski definition) is 1. The molecule has 2 aliphatic rings. The number of amides is 1. The molecule has 2 fully saturated rings. The lowest BCUT2D eigenvalue weighted by molar-refractivity contribution is -0.140. The Balaban J connectivity index is 1.34. The van der Waals surface area contributed by atoms with Crippen molar-refractivity contribution in [1.82, 2.24) is 15.1 Å². The van der Waals surface area contributed by atoms with Crippen LogP contribution in [0.2, 0.25) is 0 Å². The zero-order chi connectivity index (χ0) is 26.2. The number of ether oxygens (including phenoxy) is 1. The minimum atomic E-state index is -4.78. The van der Waals surface area contributed by atoms with Gasteiger partial charge in [0, 0.05) is 49.4 Å². The summed E-state index contributed by atoms with van der Waals surface area (Å²) in [5.41, 5.74) is 0.672. The molecule has 7 nitrogen and oxygen atoms in total. The number of piperazine rings is 1. The van der Waals surface area contributed by atoms with E-state index in [9.17, 15) is 22.4 Å². The number of nitrogens with zero attached hydrogens (tertiary/aromatic N) is 4. The van der Waals surface area contributed by atoms with Gasteiger partial charge in [0.1, 0.15) is 5.82 Å². The third-order valence-electron chi connectivity index (χ3n) is 7.03. The van der Waals surface area contributed by atoms with Crippen molar-refractivity contribution in [3.8, 4) is 0 Å². The predicted octanol–water partition coefficient (Wildman–Crippen LogP) is 4.65. The summed E-state index contributed by atoms with van der Waals surface area (Å²) in [7, 11) is 0. The first kappa shape index (κ1) is 25.2. The normalized spacial score (nSPS) is 19.3. The fraction of sp³-hybridized carbons (Fsp3) is 0.423. The Bertz CT molecular complexity index is 1290. The molecular formula is C26H27F4N5O2. The number of halogens is 4. The van der Waals surface area contributed by atoms with Gasteiger partial charge in [-0.2, -0.15) is 23.4 Å². The van der Waals surface area contributed by atoms with E-state index in [0.29, 0.717) is 56.0 Å². The van der Waals surface area contributed by atoms with Crippen LogP contribution in [0.4, 0.5) is 28.9 Å². The maximum atomic E-state index is 14.7. The highest BCUT2D eigenvalue weighted by atomic mass is 19.4. The van der Waals surface area contributed by atoms with Gasteiger partial charge in [-0.05, 0) is 37.6 Å². The molecule has 11 heteroatoms. The van der Waals surface area contributed by atoms with Crippen molar-refractivity contribution in [2.24, 2.45) is 5.92 Å². The monoisotopic (exact) mass is 517 g/mol. The Morgan fingerprint density at radius 2 is 1.95 bits per heavy atom. The van der Waals surface area contributed by atoms with Gasteiger partial charge in [0.05, 0.1) is 41.5 Å². The van der Waals surface area contributed by atoms with Crippen molar-refractivity contribution in [2.45, 2.75) is 25.6 Å². The van der Waals surface area contributed by atoms with E-state index in [1.165, 1.54) is 18.3 Å². The number of fused-ring (bicyclic) bond motifs is 1. The van der Waals surface area contributed by atoms with Gasteiger partial charge in [-0.25, -0.2) is 4.39 Å². The molecule has 2 atom stereocenters. The van der Waals surface area contributed by atoms with Gasteiger partial charge in [0.25, 0.3) is 0 Å². The average molecular weight is 518 g/mol. The van der Waals surface area contributed by atoms with Crippen LogP contribution in [0, 0.1) is 11.7 Å². The molecule has 1 aromatic heterocycles. The van der Waals surface area contributed by atoms with E-state index in [4.69, 9.17) is 4.74 Å². The number of rotatable bonds is 5. The van der Waals surface area contributed by atoms with Crippen molar-refractivity contribution >= 4 is 28.2 Å². The standard InChI is InChI=1S/C26H27F4N5O2/c1-16(19-3-2-4-21(24(19)27)26(28,29)30)32-23-14-31-33-22-6-5-18(13-20(22)23)34-8-10-35(11-9-34)25(36)17-7-12-37-15-17/h2-6,13-14,16-17H,7-12,15H2,1H3,(H,32,33)/t16-,17?/m1/s1. The van der Waals surface area contributed by atoms with Crippen molar-refractivity contribution < 1.29 is 27.1 Å². The summed E-state index contributed by atoms with van der Waals surface area (Å²) in [5, 5.41) is 12.0. The van der Waals surface area contributed by atoms with Crippen LogP contribution in [0.5, 0.6) is 0 Å². The minimum Gasteiger partial charge on any atom is -0.381 e. The van der Waals surface area contributed by atoms with E-state index in [1.54, 1.807) is 6.92 Å². The smallest absolute Gasteiger partial charge is 0.381 e. The largest absolute Gasteiger partial charge is 0.419 e. The minimum absolute atomic E-state index is 0.0527. The highest BCUT2D eigenvalue weighted by Gasteiger charge is 2.35. The number of aromatic nitrogens is 2. The molecule has 2 saturated heterocycles. The molecule has 1 unspecified atom stereocenters. The van der Waals surface area contributed by atoms with E-state index >= 15 is 0 Å². The van der Waals surface area contributed by atoms with E-state index < -0.39 is 23.6 Å². The van der Waals surface area contributed by atoms with E-state index in [2.05, 4.69) is 20.4 Å². The van der Waals surface area contributed by atoms with E-state index in [1.807, 2.05) is 23.1 Å². The van der Waals surface area contributed by atoms with Crippen LogP contribution in [-0.2, 0) is 15.7 Å². The molecule has 0 saturated carbocycles. The van der Waals surface area contributed by atoms with Crippen LogP contribution in [0.15, 0.2) is 42.6 Å². The maximum Gasteiger partial charge on any atom is 0.419 e. The first-order valence-electron chi connectivity index (χ1n) is 12.2. The summed E-state index contributed by atoms with van der Waals surface area (Å²) in [6, 6.07) is 8.20. The van der Waals surface area contributed by atoms with Gasteiger partial charge < -0.3 is 19.9 Å². The highest BCUT2D eigenvalue weighted by Crippen LogP contribution is 2.35. The fourth-order valence-electron chi connectivity index (χ4n) is 4.94. The number of hydrogen-bond acceptors (Lipinski definition) is 6. The van der Waals surface area contributed by atoms with Crippen LogP contribution >= 0.6 is 0 Å². The fourth-order valence-corrected chi connectivity index (χ4v) is 4.94. The molecule has 0 radical (unpaired) electrons. The second kappa shape index (κ2) is 10.1. The lowest BCUT2D eigenvalue weighted by atomic mass is 10.0. The molecule has 2 aliphatic heterocycles. The number of nitrogens with one attached hydrogen (secondary N) is 1. The van der Waals surface area contributed by atoms with Crippen LogP contribution < -0.4 is 10.2 Å². The Kier molecular flexibility index (Phi) is 6.89. The van der Waals surface area contributed by atoms with Crippen molar-refractivity contribution in [1.29, 1.82) is 0 Å². The van der Waals surface area contributed by atoms with Gasteiger partial charge in [-0.3, -0.25) is 4.79 Å². The van der Waals surface area contributed by atoms with Gasteiger partial charge in [-0.1, -0.05) is 12.1 Å². The van der Waals surface area contributed by atoms with Crippen molar-refractivity contribution in [3.05, 3.63) is 59.5 Å². The molecule has 196 valence electrons. The van der Waals surface area contributed by atoms with Crippen LogP contribution in [-0.4, -0.2) is 60.4 Å². The third kappa shape index (κ3) is 5.18. The molecule has 0 bridgehead atoms. The molecular weight excluding hydrogens is 490 g/mol. The predicted molar refractivity (Wildman–Crippen MR) is 131 cm³/mol. The molecule has 3 aromatic rings. The number of anilines is 2. The number of alkyl halides is 3. The molecule has 1 N–H and O–H groups in total. The molecule has 2 aromatic carbocycles. The highest BCUT2D eigenvalue weighted by molar-refractivity contribution is 5.93. The third-order valence-corrected chi connectivity index (χ3v) is 7.03. The molecule has 3 heterocycles. The number of carbonyl (C=O) groups is 1. The van der Waals surface area contributed by atoms with Gasteiger partial charge in [-0.15, -0.1) is 0 Å². The van der Waals surface area contributed by atoms with Crippen LogP contribution in [0.1, 0.15) is 30.5 Å². The number of carbonyl (C=O) groups excluding carboxylic acids is 1. The molecule has 0 spiro atoms.